The Labute approximate surface area is 150 Å². The SMILES string of the molecule is CNCC(C)C(=O)Nc1cccc(COc2ccccc2)c1C.Cl. The summed E-state index contributed by atoms with van der Waals surface area (Å²) in [5, 5.41) is 6.02. The molecule has 0 aliphatic heterocycles. The van der Waals surface area contributed by atoms with Gasteiger partial charge in [-0.05, 0) is 43.3 Å². The Morgan fingerprint density at radius 2 is 1.83 bits per heavy atom. The molecule has 2 aromatic rings. The summed E-state index contributed by atoms with van der Waals surface area (Å²) in [6, 6.07) is 15.6. The lowest BCUT2D eigenvalue weighted by atomic mass is 10.1. The summed E-state index contributed by atoms with van der Waals surface area (Å²) < 4.78 is 5.80. The molecule has 2 rings (SSSR count). The highest BCUT2D eigenvalue weighted by atomic mass is 35.5. The van der Waals surface area contributed by atoms with Crippen molar-refractivity contribution in [1.29, 1.82) is 0 Å². The van der Waals surface area contributed by atoms with Crippen molar-refractivity contribution in [2.45, 2.75) is 20.5 Å². The minimum atomic E-state index is -0.0800. The van der Waals surface area contributed by atoms with Crippen LogP contribution in [0.15, 0.2) is 48.5 Å². The zero-order valence-electron chi connectivity index (χ0n) is 14.3. The van der Waals surface area contributed by atoms with E-state index in [0.29, 0.717) is 13.2 Å². The average Bonchev–Trinajstić information content (AvgIpc) is 2.56. The van der Waals surface area contributed by atoms with Gasteiger partial charge in [-0.25, -0.2) is 0 Å². The third kappa shape index (κ3) is 5.55. The van der Waals surface area contributed by atoms with Crippen LogP contribution in [0.4, 0.5) is 5.69 Å². The van der Waals surface area contributed by atoms with Gasteiger partial charge >= 0.3 is 0 Å². The van der Waals surface area contributed by atoms with Crippen molar-refractivity contribution in [3.8, 4) is 5.75 Å². The van der Waals surface area contributed by atoms with Crippen molar-refractivity contribution < 1.29 is 9.53 Å². The lowest BCUT2D eigenvalue weighted by Gasteiger charge is -2.16. The zero-order valence-corrected chi connectivity index (χ0v) is 15.2. The van der Waals surface area contributed by atoms with Crippen LogP contribution in [0.25, 0.3) is 0 Å². The van der Waals surface area contributed by atoms with E-state index in [2.05, 4.69) is 10.6 Å². The Kier molecular flexibility index (Phi) is 8.30. The van der Waals surface area contributed by atoms with Crippen LogP contribution in [0.1, 0.15) is 18.1 Å². The number of amides is 1. The van der Waals surface area contributed by atoms with E-state index in [4.69, 9.17) is 4.74 Å². The van der Waals surface area contributed by atoms with Crippen LogP contribution in [0.2, 0.25) is 0 Å². The molecule has 0 spiro atoms. The molecule has 5 heteroatoms. The number of ether oxygens (including phenoxy) is 1. The second-order valence-corrected chi connectivity index (χ2v) is 5.64. The lowest BCUT2D eigenvalue weighted by Crippen LogP contribution is -2.28. The summed E-state index contributed by atoms with van der Waals surface area (Å²) in [4.78, 5) is 12.2. The molecule has 2 aromatic carbocycles. The van der Waals surface area contributed by atoms with Crippen molar-refractivity contribution in [1.82, 2.24) is 5.32 Å². The molecular weight excluding hydrogens is 324 g/mol. The van der Waals surface area contributed by atoms with Crippen LogP contribution in [0.5, 0.6) is 5.75 Å². The van der Waals surface area contributed by atoms with Crippen molar-refractivity contribution in [2.24, 2.45) is 5.92 Å². The number of hydrogen-bond acceptors (Lipinski definition) is 3. The number of benzene rings is 2. The molecule has 1 unspecified atom stereocenters. The van der Waals surface area contributed by atoms with Crippen molar-refractivity contribution in [3.05, 3.63) is 59.7 Å². The number of halogens is 1. The molecule has 1 atom stereocenters. The number of anilines is 1. The monoisotopic (exact) mass is 348 g/mol. The van der Waals surface area contributed by atoms with Crippen molar-refractivity contribution >= 4 is 24.0 Å². The fraction of sp³-hybridized carbons (Fsp3) is 0.316. The first-order chi connectivity index (χ1) is 11.1. The van der Waals surface area contributed by atoms with E-state index in [9.17, 15) is 4.79 Å². The molecule has 0 saturated carbocycles. The lowest BCUT2D eigenvalue weighted by molar-refractivity contribution is -0.119. The maximum atomic E-state index is 12.2. The van der Waals surface area contributed by atoms with Gasteiger partial charge in [0, 0.05) is 18.2 Å². The first-order valence-corrected chi connectivity index (χ1v) is 7.83. The molecule has 0 heterocycles. The van der Waals surface area contributed by atoms with Crippen LogP contribution in [-0.4, -0.2) is 19.5 Å². The second kappa shape index (κ2) is 9.96. The summed E-state index contributed by atoms with van der Waals surface area (Å²) in [6.45, 7) is 5.04. The smallest absolute Gasteiger partial charge is 0.228 e. The number of nitrogens with one attached hydrogen (secondary N) is 2. The zero-order chi connectivity index (χ0) is 16.7. The molecule has 0 aliphatic rings. The molecule has 130 valence electrons. The van der Waals surface area contributed by atoms with Gasteiger partial charge in [-0.15, -0.1) is 12.4 Å². The van der Waals surface area contributed by atoms with E-state index >= 15 is 0 Å². The largest absolute Gasteiger partial charge is 0.489 e. The maximum absolute atomic E-state index is 12.2. The van der Waals surface area contributed by atoms with Gasteiger partial charge < -0.3 is 15.4 Å². The summed E-state index contributed by atoms with van der Waals surface area (Å²) in [5.41, 5.74) is 2.94. The van der Waals surface area contributed by atoms with E-state index in [0.717, 1.165) is 22.6 Å². The predicted molar refractivity (Wildman–Crippen MR) is 101 cm³/mol. The third-order valence-electron chi connectivity index (χ3n) is 3.80. The molecule has 4 nitrogen and oxygen atoms in total. The first kappa shape index (κ1) is 20.0. The van der Waals surface area contributed by atoms with Gasteiger partial charge in [0.15, 0.2) is 0 Å². The van der Waals surface area contributed by atoms with Crippen LogP contribution in [0.3, 0.4) is 0 Å². The van der Waals surface area contributed by atoms with E-state index in [-0.39, 0.29) is 24.2 Å². The highest BCUT2D eigenvalue weighted by Gasteiger charge is 2.14. The van der Waals surface area contributed by atoms with E-state index < -0.39 is 0 Å². The van der Waals surface area contributed by atoms with Gasteiger partial charge in [0.1, 0.15) is 12.4 Å². The number of hydrogen-bond donors (Lipinski definition) is 2. The van der Waals surface area contributed by atoms with Gasteiger partial charge in [-0.2, -0.15) is 0 Å². The van der Waals surface area contributed by atoms with E-state index in [1.165, 1.54) is 0 Å². The molecule has 0 bridgehead atoms. The average molecular weight is 349 g/mol. The molecule has 0 saturated heterocycles. The fourth-order valence-electron chi connectivity index (χ4n) is 2.31. The molecule has 1 amide bonds. The molecular formula is C19H25ClN2O2. The summed E-state index contributed by atoms with van der Waals surface area (Å²) in [5.74, 6) is 0.774. The quantitative estimate of drug-likeness (QED) is 0.800. The highest BCUT2D eigenvalue weighted by molar-refractivity contribution is 5.93. The molecule has 0 aliphatic carbocycles. The van der Waals surface area contributed by atoms with Crippen molar-refractivity contribution in [2.75, 3.05) is 18.9 Å². The Bertz CT molecular complexity index is 647. The highest BCUT2D eigenvalue weighted by Crippen LogP contribution is 2.21. The first-order valence-electron chi connectivity index (χ1n) is 7.83. The Hall–Kier alpha value is -2.04. The molecule has 2 N–H and O–H groups in total. The van der Waals surface area contributed by atoms with Gasteiger partial charge in [0.2, 0.25) is 5.91 Å². The van der Waals surface area contributed by atoms with Crippen LogP contribution in [0, 0.1) is 12.8 Å². The number of carbonyl (C=O) groups is 1. The number of para-hydroxylation sites is 1. The molecule has 0 aromatic heterocycles. The normalized spacial score (nSPS) is 11.3. The second-order valence-electron chi connectivity index (χ2n) is 5.64. The Morgan fingerprint density at radius 1 is 1.12 bits per heavy atom. The summed E-state index contributed by atoms with van der Waals surface area (Å²) >= 11 is 0. The Balaban J connectivity index is 0.00000288. The minimum absolute atomic E-state index is 0. The molecule has 0 radical (unpaired) electrons. The summed E-state index contributed by atoms with van der Waals surface area (Å²) in [7, 11) is 1.84. The van der Waals surface area contributed by atoms with Gasteiger partial charge in [0.25, 0.3) is 0 Å². The standard InChI is InChI=1S/C19H24N2O2.ClH/c1-14(12-20-3)19(22)21-18-11-7-8-16(15(18)2)13-23-17-9-5-4-6-10-17;/h4-11,14,20H,12-13H2,1-3H3,(H,21,22);1H. The summed E-state index contributed by atoms with van der Waals surface area (Å²) in [6.07, 6.45) is 0. The fourth-order valence-corrected chi connectivity index (χ4v) is 2.31. The molecule has 0 fully saturated rings. The van der Waals surface area contributed by atoms with Gasteiger partial charge in [-0.1, -0.05) is 37.3 Å². The topological polar surface area (TPSA) is 50.4 Å². The molecule has 24 heavy (non-hydrogen) atoms. The van der Waals surface area contributed by atoms with Crippen LogP contribution < -0.4 is 15.4 Å². The predicted octanol–water partition coefficient (Wildman–Crippen LogP) is 3.79. The van der Waals surface area contributed by atoms with Crippen molar-refractivity contribution in [3.63, 3.8) is 0 Å². The van der Waals surface area contributed by atoms with Crippen LogP contribution >= 0.6 is 12.4 Å². The van der Waals surface area contributed by atoms with E-state index in [1.54, 1.807) is 0 Å². The van der Waals surface area contributed by atoms with E-state index in [1.807, 2.05) is 69.4 Å². The Morgan fingerprint density at radius 3 is 2.50 bits per heavy atom. The maximum Gasteiger partial charge on any atom is 0.228 e. The minimum Gasteiger partial charge on any atom is -0.489 e. The number of rotatable bonds is 7. The third-order valence-corrected chi connectivity index (χ3v) is 3.80. The number of carbonyl (C=O) groups excluding carboxylic acids is 1. The van der Waals surface area contributed by atoms with Gasteiger partial charge in [-0.3, -0.25) is 4.79 Å². The van der Waals surface area contributed by atoms with Crippen LogP contribution in [-0.2, 0) is 11.4 Å². The van der Waals surface area contributed by atoms with Gasteiger partial charge in [0.05, 0.1) is 0 Å².